The minimum Gasteiger partial charge on any atom is -0.335 e. The van der Waals surface area contributed by atoms with E-state index in [0.29, 0.717) is 0 Å². The van der Waals surface area contributed by atoms with Crippen LogP contribution in [0.2, 0.25) is 0 Å². The lowest BCUT2D eigenvalue weighted by molar-refractivity contribution is -0.155. The number of aromatic amines is 1. The molecule has 21 heavy (non-hydrogen) atoms. The van der Waals surface area contributed by atoms with Crippen molar-refractivity contribution in [3.8, 4) is 0 Å². The van der Waals surface area contributed by atoms with Crippen LogP contribution >= 0.6 is 0 Å². The van der Waals surface area contributed by atoms with E-state index in [9.17, 15) is 22.8 Å². The van der Waals surface area contributed by atoms with Gasteiger partial charge in [-0.2, -0.15) is 18.3 Å². The van der Waals surface area contributed by atoms with Crippen LogP contribution < -0.4 is 10.9 Å². The number of H-pyrrole nitrogens is 1. The molecule has 2 aromatic rings. The van der Waals surface area contributed by atoms with Crippen LogP contribution in [-0.4, -0.2) is 26.8 Å². The van der Waals surface area contributed by atoms with Crippen molar-refractivity contribution >= 4 is 5.91 Å². The maximum Gasteiger partial charge on any atom is 0.413 e. The Morgan fingerprint density at radius 2 is 2.14 bits per heavy atom. The van der Waals surface area contributed by atoms with Gasteiger partial charge in [-0.25, -0.2) is 0 Å². The summed E-state index contributed by atoms with van der Waals surface area (Å²) in [6, 6.07) is 1.44. The number of hydrogen-bond donors (Lipinski definition) is 2. The highest BCUT2D eigenvalue weighted by molar-refractivity contribution is 5.92. The van der Waals surface area contributed by atoms with E-state index in [0.717, 1.165) is 18.5 Å². The Kier molecular flexibility index (Phi) is 3.83. The Hall–Kier alpha value is -2.58. The van der Waals surface area contributed by atoms with Crippen molar-refractivity contribution in [2.45, 2.75) is 12.2 Å². The van der Waals surface area contributed by atoms with Gasteiger partial charge in [-0.3, -0.25) is 14.3 Å². The van der Waals surface area contributed by atoms with Gasteiger partial charge in [0.05, 0.1) is 6.20 Å². The summed E-state index contributed by atoms with van der Waals surface area (Å²) in [6.07, 6.45) is -2.51. The minimum absolute atomic E-state index is 0.198. The first kappa shape index (κ1) is 14.8. The topological polar surface area (TPSA) is 79.8 Å². The van der Waals surface area contributed by atoms with Crippen LogP contribution in [0.4, 0.5) is 13.2 Å². The molecule has 0 saturated heterocycles. The van der Waals surface area contributed by atoms with Crippen LogP contribution in [-0.2, 0) is 7.05 Å². The third-order valence-electron chi connectivity index (χ3n) is 2.67. The molecule has 0 aromatic carbocycles. The van der Waals surface area contributed by atoms with E-state index in [1.54, 1.807) is 0 Å². The van der Waals surface area contributed by atoms with Gasteiger partial charge in [0.25, 0.3) is 5.91 Å². The molecule has 6 nitrogen and oxygen atoms in total. The van der Waals surface area contributed by atoms with Gasteiger partial charge >= 0.3 is 6.18 Å². The normalized spacial score (nSPS) is 13.0. The van der Waals surface area contributed by atoms with Crippen molar-refractivity contribution in [3.05, 3.63) is 52.2 Å². The summed E-state index contributed by atoms with van der Waals surface area (Å²) in [6.45, 7) is 0. The first-order chi connectivity index (χ1) is 9.77. The molecule has 0 aliphatic rings. The molecule has 0 fully saturated rings. The first-order valence-electron chi connectivity index (χ1n) is 5.83. The largest absolute Gasteiger partial charge is 0.413 e. The number of carbonyl (C=O) groups is 1. The van der Waals surface area contributed by atoms with Crippen molar-refractivity contribution in [2.75, 3.05) is 0 Å². The second-order valence-corrected chi connectivity index (χ2v) is 4.32. The van der Waals surface area contributed by atoms with Crippen LogP contribution in [0.1, 0.15) is 22.1 Å². The fourth-order valence-corrected chi connectivity index (χ4v) is 1.73. The highest BCUT2D eigenvalue weighted by atomic mass is 19.4. The SMILES string of the molecule is Cn1cc([C@@H](NC(=O)c2cccc(=O)[nH]2)C(F)(F)F)cn1. The molecule has 2 rings (SSSR count). The molecule has 0 saturated carbocycles. The summed E-state index contributed by atoms with van der Waals surface area (Å²) in [5, 5.41) is 5.50. The molecule has 0 aliphatic carbocycles. The van der Waals surface area contributed by atoms with Crippen molar-refractivity contribution < 1.29 is 18.0 Å². The van der Waals surface area contributed by atoms with Gasteiger partial charge in [0, 0.05) is 24.9 Å². The summed E-state index contributed by atoms with van der Waals surface area (Å²) in [5.41, 5.74) is -1.02. The van der Waals surface area contributed by atoms with Crippen LogP contribution in [0.15, 0.2) is 35.4 Å². The van der Waals surface area contributed by atoms with Gasteiger partial charge in [0.1, 0.15) is 5.69 Å². The third kappa shape index (κ3) is 3.50. The molecule has 0 bridgehead atoms. The average molecular weight is 300 g/mol. The molecule has 2 aromatic heterocycles. The molecule has 0 spiro atoms. The van der Waals surface area contributed by atoms with Crippen molar-refractivity contribution in [2.24, 2.45) is 7.05 Å². The number of rotatable bonds is 3. The second kappa shape index (κ2) is 5.43. The number of pyridine rings is 1. The number of hydrogen-bond acceptors (Lipinski definition) is 3. The molecular weight excluding hydrogens is 289 g/mol. The van der Waals surface area contributed by atoms with Crippen molar-refractivity contribution in [3.63, 3.8) is 0 Å². The number of nitrogens with zero attached hydrogens (tertiary/aromatic N) is 2. The van der Waals surface area contributed by atoms with E-state index in [1.165, 1.54) is 23.9 Å². The number of alkyl halides is 3. The lowest BCUT2D eigenvalue weighted by Gasteiger charge is -2.20. The molecule has 1 amide bonds. The number of halogens is 3. The molecule has 2 N–H and O–H groups in total. The van der Waals surface area contributed by atoms with E-state index < -0.39 is 23.7 Å². The third-order valence-corrected chi connectivity index (χ3v) is 2.67. The Labute approximate surface area is 116 Å². The molecule has 0 radical (unpaired) electrons. The highest BCUT2D eigenvalue weighted by Crippen LogP contribution is 2.32. The van der Waals surface area contributed by atoms with E-state index in [4.69, 9.17) is 0 Å². The first-order valence-corrected chi connectivity index (χ1v) is 5.83. The molecule has 112 valence electrons. The molecule has 1 atom stereocenters. The summed E-state index contributed by atoms with van der Waals surface area (Å²) >= 11 is 0. The predicted octanol–water partition coefficient (Wildman–Crippen LogP) is 1.14. The summed E-state index contributed by atoms with van der Waals surface area (Å²) < 4.78 is 40.3. The Morgan fingerprint density at radius 1 is 1.43 bits per heavy atom. The second-order valence-electron chi connectivity index (χ2n) is 4.32. The zero-order chi connectivity index (χ0) is 15.6. The number of carbonyl (C=O) groups excluding carboxylic acids is 1. The number of aromatic nitrogens is 3. The lowest BCUT2D eigenvalue weighted by atomic mass is 10.1. The monoisotopic (exact) mass is 300 g/mol. The fourth-order valence-electron chi connectivity index (χ4n) is 1.73. The Bertz CT molecular complexity index is 705. The fraction of sp³-hybridized carbons (Fsp3) is 0.250. The Balaban J connectivity index is 2.28. The number of aryl methyl sites for hydroxylation is 1. The van der Waals surface area contributed by atoms with E-state index in [1.807, 2.05) is 5.32 Å². The van der Waals surface area contributed by atoms with Crippen molar-refractivity contribution in [1.82, 2.24) is 20.1 Å². The predicted molar refractivity (Wildman–Crippen MR) is 66.5 cm³/mol. The lowest BCUT2D eigenvalue weighted by Crippen LogP contribution is -2.38. The molecule has 2 heterocycles. The maximum absolute atomic E-state index is 13.0. The quantitative estimate of drug-likeness (QED) is 0.892. The van der Waals surface area contributed by atoms with Gasteiger partial charge in [-0.15, -0.1) is 0 Å². The van der Waals surface area contributed by atoms with Crippen LogP contribution in [0.5, 0.6) is 0 Å². The van der Waals surface area contributed by atoms with Crippen LogP contribution in [0, 0.1) is 0 Å². The minimum atomic E-state index is -4.69. The zero-order valence-corrected chi connectivity index (χ0v) is 10.8. The van der Waals surface area contributed by atoms with E-state index >= 15 is 0 Å². The maximum atomic E-state index is 13.0. The van der Waals surface area contributed by atoms with E-state index in [2.05, 4.69) is 10.1 Å². The van der Waals surface area contributed by atoms with Gasteiger partial charge in [0.2, 0.25) is 5.56 Å². The zero-order valence-electron chi connectivity index (χ0n) is 10.8. The van der Waals surface area contributed by atoms with Gasteiger partial charge < -0.3 is 10.3 Å². The molecule has 0 unspecified atom stereocenters. The van der Waals surface area contributed by atoms with Gasteiger partial charge in [-0.05, 0) is 6.07 Å². The van der Waals surface area contributed by atoms with Crippen LogP contribution in [0.25, 0.3) is 0 Å². The summed E-state index contributed by atoms with van der Waals surface area (Å²) in [4.78, 5) is 25.1. The van der Waals surface area contributed by atoms with Gasteiger partial charge in [-0.1, -0.05) is 6.07 Å². The average Bonchev–Trinajstić information content (AvgIpc) is 2.80. The smallest absolute Gasteiger partial charge is 0.335 e. The molecule has 0 aliphatic heterocycles. The molecule has 9 heteroatoms. The van der Waals surface area contributed by atoms with Gasteiger partial charge in [0.15, 0.2) is 6.04 Å². The highest BCUT2D eigenvalue weighted by Gasteiger charge is 2.42. The standard InChI is InChI=1S/C12H11F3N4O2/c1-19-6-7(5-16-19)10(12(13,14)15)18-11(21)8-3-2-4-9(20)17-8/h2-6,10H,1H3,(H,17,20)(H,18,21)/t10-/m1/s1. The summed E-state index contributed by atoms with van der Waals surface area (Å²) in [5.74, 6) is -1.03. The number of amides is 1. The van der Waals surface area contributed by atoms with Crippen LogP contribution in [0.3, 0.4) is 0 Å². The number of nitrogens with one attached hydrogen (secondary N) is 2. The molecular formula is C12H11F3N4O2. The Morgan fingerprint density at radius 3 is 2.67 bits per heavy atom. The van der Waals surface area contributed by atoms with E-state index in [-0.39, 0.29) is 11.3 Å². The van der Waals surface area contributed by atoms with Crippen molar-refractivity contribution in [1.29, 1.82) is 0 Å². The summed E-state index contributed by atoms with van der Waals surface area (Å²) in [7, 11) is 1.47.